The lowest BCUT2D eigenvalue weighted by molar-refractivity contribution is -0.126. The van der Waals surface area contributed by atoms with Crippen LogP contribution in [-0.2, 0) is 14.8 Å². The number of nitrogens with zero attached hydrogens (tertiary/aromatic N) is 3. The number of imide groups is 1. The molecule has 2 aromatic rings. The molecule has 0 radical (unpaired) electrons. The molecule has 8 nitrogen and oxygen atoms in total. The van der Waals surface area contributed by atoms with E-state index < -0.39 is 33.9 Å². The highest BCUT2D eigenvalue weighted by Gasteiger charge is 2.45. The molecule has 9 heteroatoms. The molecule has 0 bridgehead atoms. The summed E-state index contributed by atoms with van der Waals surface area (Å²) in [7, 11) is -3.99. The van der Waals surface area contributed by atoms with Gasteiger partial charge in [0, 0.05) is 12.2 Å². The largest absolute Gasteiger partial charge is 0.332 e. The fraction of sp³-hybridized carbons (Fsp3) is 0.250. The lowest BCUT2D eigenvalue weighted by Crippen LogP contribution is -2.41. The summed E-state index contributed by atoms with van der Waals surface area (Å²) in [5.41, 5.74) is 1.70. The maximum atomic E-state index is 12.9. The van der Waals surface area contributed by atoms with Crippen molar-refractivity contribution >= 4 is 33.6 Å². The van der Waals surface area contributed by atoms with Gasteiger partial charge in [-0.25, -0.2) is 17.5 Å². The number of hydrogen-bond acceptors (Lipinski definition) is 5. The second kappa shape index (κ2) is 6.70. The van der Waals surface area contributed by atoms with Crippen LogP contribution >= 0.6 is 0 Å². The number of anilines is 1. The predicted molar refractivity (Wildman–Crippen MR) is 105 cm³/mol. The molecule has 29 heavy (non-hydrogen) atoms. The van der Waals surface area contributed by atoms with Crippen LogP contribution in [0, 0.1) is 6.92 Å². The third kappa shape index (κ3) is 2.89. The normalized spacial score (nSPS) is 20.6. The third-order valence-electron chi connectivity index (χ3n) is 5.20. The van der Waals surface area contributed by atoms with Crippen molar-refractivity contribution in [2.24, 2.45) is 0 Å². The van der Waals surface area contributed by atoms with Crippen LogP contribution in [0.1, 0.15) is 22.8 Å². The minimum absolute atomic E-state index is 0.0567. The smallest absolute Gasteiger partial charge is 0.282 e. The lowest BCUT2D eigenvalue weighted by Gasteiger charge is -2.21. The Labute approximate surface area is 168 Å². The van der Waals surface area contributed by atoms with Gasteiger partial charge in [0.1, 0.15) is 10.9 Å². The molecule has 1 saturated heterocycles. The molecule has 150 valence electrons. The molecule has 1 fully saturated rings. The van der Waals surface area contributed by atoms with Gasteiger partial charge in [-0.3, -0.25) is 19.4 Å². The van der Waals surface area contributed by atoms with Gasteiger partial charge in [-0.15, -0.1) is 0 Å². The summed E-state index contributed by atoms with van der Waals surface area (Å²) >= 11 is 0. The molecule has 0 aromatic heterocycles. The third-order valence-corrected chi connectivity index (χ3v) is 7.04. The monoisotopic (exact) mass is 413 g/mol. The first-order chi connectivity index (χ1) is 13.7. The number of rotatable bonds is 4. The zero-order chi connectivity index (χ0) is 20.9. The molecule has 0 saturated carbocycles. The van der Waals surface area contributed by atoms with E-state index in [0.29, 0.717) is 5.69 Å². The van der Waals surface area contributed by atoms with Crippen molar-refractivity contribution in [1.82, 2.24) is 9.21 Å². The zero-order valence-electron chi connectivity index (χ0n) is 15.9. The molecule has 2 aliphatic rings. The van der Waals surface area contributed by atoms with Gasteiger partial charge in [0.05, 0.1) is 12.1 Å². The maximum absolute atomic E-state index is 12.9. The van der Waals surface area contributed by atoms with E-state index in [0.717, 1.165) is 14.8 Å². The number of urea groups is 1. The highest BCUT2D eigenvalue weighted by Crippen LogP contribution is 2.30. The SMILES string of the molecule is Cc1ccc(N2C(=O)N(CCN3C(=O)c4ccccc4S3(=O)=O)C(=O)C2C)cc1. The Bertz CT molecular complexity index is 1130. The van der Waals surface area contributed by atoms with Crippen molar-refractivity contribution in [2.75, 3.05) is 18.0 Å². The van der Waals surface area contributed by atoms with Crippen molar-refractivity contribution < 1.29 is 22.8 Å². The van der Waals surface area contributed by atoms with E-state index in [-0.39, 0.29) is 23.5 Å². The van der Waals surface area contributed by atoms with Crippen LogP contribution in [0.25, 0.3) is 0 Å². The second-order valence-corrected chi connectivity index (χ2v) is 8.86. The highest BCUT2D eigenvalue weighted by molar-refractivity contribution is 7.90. The summed E-state index contributed by atoms with van der Waals surface area (Å²) in [6.45, 7) is 3.04. The molecule has 4 rings (SSSR count). The van der Waals surface area contributed by atoms with Gasteiger partial charge < -0.3 is 0 Å². The van der Waals surface area contributed by atoms with E-state index in [1.165, 1.54) is 17.0 Å². The number of benzene rings is 2. The Morgan fingerprint density at radius 1 is 0.931 bits per heavy atom. The average Bonchev–Trinajstić information content (AvgIpc) is 3.03. The fourth-order valence-electron chi connectivity index (χ4n) is 3.61. The van der Waals surface area contributed by atoms with Gasteiger partial charge in [-0.2, -0.15) is 0 Å². The Balaban J connectivity index is 1.55. The van der Waals surface area contributed by atoms with Gasteiger partial charge in [0.2, 0.25) is 0 Å². The maximum Gasteiger partial charge on any atom is 0.332 e. The van der Waals surface area contributed by atoms with Crippen LogP contribution in [0.15, 0.2) is 53.4 Å². The number of amides is 4. The number of aryl methyl sites for hydroxylation is 1. The molecule has 1 unspecified atom stereocenters. The number of hydrogen-bond donors (Lipinski definition) is 0. The number of sulfonamides is 1. The van der Waals surface area contributed by atoms with E-state index >= 15 is 0 Å². The second-order valence-electron chi connectivity index (χ2n) is 7.03. The van der Waals surface area contributed by atoms with Crippen molar-refractivity contribution in [1.29, 1.82) is 0 Å². The number of carbonyl (C=O) groups excluding carboxylic acids is 3. The van der Waals surface area contributed by atoms with Crippen LogP contribution in [-0.4, -0.2) is 54.6 Å². The van der Waals surface area contributed by atoms with E-state index in [4.69, 9.17) is 0 Å². The Kier molecular flexibility index (Phi) is 4.42. The van der Waals surface area contributed by atoms with Gasteiger partial charge in [-0.05, 0) is 38.1 Å². The molecule has 2 heterocycles. The van der Waals surface area contributed by atoms with Gasteiger partial charge in [0.15, 0.2) is 0 Å². The first kappa shape index (κ1) is 19.1. The summed E-state index contributed by atoms with van der Waals surface area (Å²) in [5, 5.41) is 0. The Morgan fingerprint density at radius 2 is 1.59 bits per heavy atom. The van der Waals surface area contributed by atoms with Gasteiger partial charge >= 0.3 is 6.03 Å². The number of carbonyl (C=O) groups is 3. The molecule has 0 spiro atoms. The predicted octanol–water partition coefficient (Wildman–Crippen LogP) is 2.00. The summed E-state index contributed by atoms with van der Waals surface area (Å²) in [6, 6.07) is 11.9. The molecule has 0 aliphatic carbocycles. The van der Waals surface area contributed by atoms with E-state index in [1.807, 2.05) is 19.1 Å². The van der Waals surface area contributed by atoms with Gasteiger partial charge in [-0.1, -0.05) is 29.8 Å². The van der Waals surface area contributed by atoms with Crippen molar-refractivity contribution in [3.63, 3.8) is 0 Å². The first-order valence-electron chi connectivity index (χ1n) is 9.11. The summed E-state index contributed by atoms with van der Waals surface area (Å²) in [6.07, 6.45) is 0. The summed E-state index contributed by atoms with van der Waals surface area (Å²) in [5.74, 6) is -1.08. The van der Waals surface area contributed by atoms with E-state index in [2.05, 4.69) is 0 Å². The quantitative estimate of drug-likeness (QED) is 0.715. The lowest BCUT2D eigenvalue weighted by atomic mass is 10.2. The average molecular weight is 413 g/mol. The Hall–Kier alpha value is -3.20. The van der Waals surface area contributed by atoms with Crippen LogP contribution < -0.4 is 4.90 Å². The molecule has 1 atom stereocenters. The molecule has 0 N–H and O–H groups in total. The molecular weight excluding hydrogens is 394 g/mol. The minimum Gasteiger partial charge on any atom is -0.282 e. The van der Waals surface area contributed by atoms with Crippen molar-refractivity contribution in [2.45, 2.75) is 24.8 Å². The van der Waals surface area contributed by atoms with Crippen LogP contribution in [0.5, 0.6) is 0 Å². The zero-order valence-corrected chi connectivity index (χ0v) is 16.7. The summed E-state index contributed by atoms with van der Waals surface area (Å²) < 4.78 is 26.0. The molecule has 2 aliphatic heterocycles. The standard InChI is InChI=1S/C20H19N3O5S/c1-13-7-9-15(10-8-13)23-14(2)18(24)21(20(23)26)11-12-22-19(25)16-5-3-4-6-17(16)29(22,27)28/h3-10,14H,11-12H2,1-2H3. The topological polar surface area (TPSA) is 95.1 Å². The first-order valence-corrected chi connectivity index (χ1v) is 10.5. The van der Waals surface area contributed by atoms with Crippen LogP contribution in [0.3, 0.4) is 0 Å². The van der Waals surface area contributed by atoms with Crippen LogP contribution in [0.4, 0.5) is 10.5 Å². The molecule has 2 aromatic carbocycles. The summed E-state index contributed by atoms with van der Waals surface area (Å²) in [4.78, 5) is 40.3. The molecule has 4 amide bonds. The van der Waals surface area contributed by atoms with Crippen molar-refractivity contribution in [3.05, 3.63) is 59.7 Å². The van der Waals surface area contributed by atoms with Crippen molar-refractivity contribution in [3.8, 4) is 0 Å². The highest BCUT2D eigenvalue weighted by atomic mass is 32.2. The van der Waals surface area contributed by atoms with Gasteiger partial charge in [0.25, 0.3) is 21.8 Å². The molecular formula is C20H19N3O5S. The minimum atomic E-state index is -3.99. The van der Waals surface area contributed by atoms with Crippen LogP contribution in [0.2, 0.25) is 0 Å². The Morgan fingerprint density at radius 3 is 2.24 bits per heavy atom. The fourth-order valence-corrected chi connectivity index (χ4v) is 5.17. The van der Waals surface area contributed by atoms with E-state index in [1.54, 1.807) is 31.2 Å². The number of fused-ring (bicyclic) bond motifs is 1. The van der Waals surface area contributed by atoms with E-state index in [9.17, 15) is 22.8 Å².